The number of nitro groups is 1. The van der Waals surface area contributed by atoms with Crippen LogP contribution in [0.4, 0.5) is 0 Å². The monoisotopic (exact) mass is 159 g/mol. The van der Waals surface area contributed by atoms with Gasteiger partial charge in [-0.3, -0.25) is 10.1 Å². The highest BCUT2D eigenvalue weighted by Crippen LogP contribution is 2.25. The van der Waals surface area contributed by atoms with Crippen molar-refractivity contribution in [2.45, 2.75) is 38.3 Å². The van der Waals surface area contributed by atoms with Crippen LogP contribution in [0.1, 0.15) is 26.2 Å². The highest BCUT2D eigenvalue weighted by molar-refractivity contribution is 4.77. The van der Waals surface area contributed by atoms with Gasteiger partial charge in [0.2, 0.25) is 6.04 Å². The zero-order valence-corrected chi connectivity index (χ0v) is 6.56. The van der Waals surface area contributed by atoms with Crippen molar-refractivity contribution in [2.24, 2.45) is 5.92 Å². The minimum Gasteiger partial charge on any atom is -0.386 e. The van der Waals surface area contributed by atoms with Crippen LogP contribution in [0.5, 0.6) is 0 Å². The van der Waals surface area contributed by atoms with E-state index in [0.717, 1.165) is 6.42 Å². The van der Waals surface area contributed by atoms with Crippen molar-refractivity contribution < 1.29 is 10.0 Å². The minimum atomic E-state index is -0.723. The molecule has 0 bridgehead atoms. The summed E-state index contributed by atoms with van der Waals surface area (Å²) in [6.45, 7) is 1.99. The second-order valence-corrected chi connectivity index (χ2v) is 3.34. The van der Waals surface area contributed by atoms with Gasteiger partial charge in [-0.1, -0.05) is 6.92 Å². The lowest BCUT2D eigenvalue weighted by atomic mass is 9.85. The normalized spacial score (nSPS) is 38.5. The number of aliphatic hydroxyl groups excluding tert-OH is 1. The summed E-state index contributed by atoms with van der Waals surface area (Å²) >= 11 is 0. The van der Waals surface area contributed by atoms with Crippen LogP contribution in [0, 0.1) is 16.0 Å². The van der Waals surface area contributed by atoms with E-state index in [9.17, 15) is 15.2 Å². The maximum absolute atomic E-state index is 10.4. The van der Waals surface area contributed by atoms with Crippen molar-refractivity contribution in [3.63, 3.8) is 0 Å². The summed E-state index contributed by atoms with van der Waals surface area (Å²) in [4.78, 5) is 10.00. The summed E-state index contributed by atoms with van der Waals surface area (Å²) in [6, 6.07) is -0.723. The number of hydrogen-bond acceptors (Lipinski definition) is 3. The second-order valence-electron chi connectivity index (χ2n) is 3.34. The lowest BCUT2D eigenvalue weighted by Crippen LogP contribution is -2.38. The first kappa shape index (κ1) is 8.46. The highest BCUT2D eigenvalue weighted by atomic mass is 16.6. The van der Waals surface area contributed by atoms with E-state index in [1.165, 1.54) is 0 Å². The van der Waals surface area contributed by atoms with Crippen LogP contribution in [-0.4, -0.2) is 22.2 Å². The molecule has 0 aromatic rings. The Kier molecular flexibility index (Phi) is 2.44. The first-order chi connectivity index (χ1) is 5.11. The summed E-state index contributed by atoms with van der Waals surface area (Å²) < 4.78 is 0. The molecule has 0 aliphatic heterocycles. The fraction of sp³-hybridized carbons (Fsp3) is 1.00. The Balaban J connectivity index is 2.54. The van der Waals surface area contributed by atoms with Crippen LogP contribution in [-0.2, 0) is 0 Å². The number of aliphatic hydroxyl groups is 1. The van der Waals surface area contributed by atoms with Gasteiger partial charge in [0.1, 0.15) is 6.10 Å². The van der Waals surface area contributed by atoms with Crippen molar-refractivity contribution in [1.82, 2.24) is 0 Å². The van der Waals surface area contributed by atoms with Crippen molar-refractivity contribution in [2.75, 3.05) is 0 Å². The Morgan fingerprint density at radius 1 is 1.55 bits per heavy atom. The molecule has 1 saturated carbocycles. The van der Waals surface area contributed by atoms with E-state index in [1.807, 2.05) is 6.92 Å². The Labute approximate surface area is 65.4 Å². The van der Waals surface area contributed by atoms with E-state index in [0.29, 0.717) is 18.8 Å². The van der Waals surface area contributed by atoms with E-state index in [2.05, 4.69) is 0 Å². The molecule has 0 spiro atoms. The molecule has 11 heavy (non-hydrogen) atoms. The maximum atomic E-state index is 10.4. The molecule has 0 amide bonds. The van der Waals surface area contributed by atoms with Crippen molar-refractivity contribution in [3.8, 4) is 0 Å². The SMILES string of the molecule is CC1CCC(O)C([N+](=O)[O-])C1. The van der Waals surface area contributed by atoms with Gasteiger partial charge in [-0.05, 0) is 18.8 Å². The molecule has 1 fully saturated rings. The minimum absolute atomic E-state index is 0.361. The summed E-state index contributed by atoms with van der Waals surface area (Å²) in [5.74, 6) is 0.383. The third-order valence-electron chi connectivity index (χ3n) is 2.31. The summed E-state index contributed by atoms with van der Waals surface area (Å²) in [7, 11) is 0. The van der Waals surface area contributed by atoms with Gasteiger partial charge in [-0.15, -0.1) is 0 Å². The average Bonchev–Trinajstić information content (AvgIpc) is 1.94. The number of rotatable bonds is 1. The van der Waals surface area contributed by atoms with Crippen molar-refractivity contribution in [3.05, 3.63) is 10.1 Å². The lowest BCUT2D eigenvalue weighted by molar-refractivity contribution is -0.539. The standard InChI is InChI=1S/C7H13NO3/c1-5-2-3-7(9)6(4-5)8(10)11/h5-7,9H,2-4H2,1H3. The van der Waals surface area contributed by atoms with Gasteiger partial charge in [-0.2, -0.15) is 0 Å². The first-order valence-corrected chi connectivity index (χ1v) is 3.93. The molecule has 1 rings (SSSR count). The summed E-state index contributed by atoms with van der Waals surface area (Å²) in [5, 5.41) is 19.6. The van der Waals surface area contributed by atoms with Crippen LogP contribution < -0.4 is 0 Å². The second kappa shape index (κ2) is 3.17. The predicted molar refractivity (Wildman–Crippen MR) is 39.8 cm³/mol. The fourth-order valence-electron chi connectivity index (χ4n) is 1.56. The van der Waals surface area contributed by atoms with Gasteiger partial charge < -0.3 is 5.11 Å². The molecule has 4 nitrogen and oxygen atoms in total. The van der Waals surface area contributed by atoms with E-state index in [-0.39, 0.29) is 4.92 Å². The molecule has 1 aliphatic rings. The van der Waals surface area contributed by atoms with Crippen LogP contribution in [0.2, 0.25) is 0 Å². The van der Waals surface area contributed by atoms with E-state index < -0.39 is 12.1 Å². The number of hydrogen-bond donors (Lipinski definition) is 1. The Morgan fingerprint density at radius 3 is 2.64 bits per heavy atom. The largest absolute Gasteiger partial charge is 0.386 e. The molecule has 0 radical (unpaired) electrons. The third kappa shape index (κ3) is 1.89. The van der Waals surface area contributed by atoms with Gasteiger partial charge in [-0.25, -0.2) is 0 Å². The smallest absolute Gasteiger partial charge is 0.238 e. The van der Waals surface area contributed by atoms with Gasteiger partial charge >= 0.3 is 0 Å². The molecule has 3 unspecified atom stereocenters. The van der Waals surface area contributed by atoms with Crippen molar-refractivity contribution in [1.29, 1.82) is 0 Å². The first-order valence-electron chi connectivity index (χ1n) is 3.93. The van der Waals surface area contributed by atoms with E-state index in [4.69, 9.17) is 0 Å². The molecule has 0 heterocycles. The van der Waals surface area contributed by atoms with Gasteiger partial charge in [0.05, 0.1) is 0 Å². The summed E-state index contributed by atoms with van der Waals surface area (Å²) in [6.07, 6.45) is 1.29. The highest BCUT2D eigenvalue weighted by Gasteiger charge is 2.35. The van der Waals surface area contributed by atoms with Crippen molar-refractivity contribution >= 4 is 0 Å². The molecule has 0 aromatic heterocycles. The fourth-order valence-corrected chi connectivity index (χ4v) is 1.56. The number of nitrogens with zero attached hydrogens (tertiary/aromatic N) is 1. The van der Waals surface area contributed by atoms with Crippen LogP contribution in [0.3, 0.4) is 0 Å². The third-order valence-corrected chi connectivity index (χ3v) is 2.31. The molecule has 1 N–H and O–H groups in total. The Hall–Kier alpha value is -0.640. The molecule has 1 aliphatic carbocycles. The lowest BCUT2D eigenvalue weighted by Gasteiger charge is -2.25. The maximum Gasteiger partial charge on any atom is 0.238 e. The molecule has 64 valence electrons. The average molecular weight is 159 g/mol. The Morgan fingerprint density at radius 2 is 2.18 bits per heavy atom. The molecule has 0 aromatic carbocycles. The molecular formula is C7H13NO3. The van der Waals surface area contributed by atoms with Crippen LogP contribution in [0.15, 0.2) is 0 Å². The molecular weight excluding hydrogens is 146 g/mol. The van der Waals surface area contributed by atoms with E-state index in [1.54, 1.807) is 0 Å². The van der Waals surface area contributed by atoms with E-state index >= 15 is 0 Å². The zero-order chi connectivity index (χ0) is 8.43. The quantitative estimate of drug-likeness (QED) is 0.455. The molecule has 4 heteroatoms. The van der Waals surface area contributed by atoms with Gasteiger partial charge in [0.25, 0.3) is 0 Å². The summed E-state index contributed by atoms with van der Waals surface area (Å²) in [5.41, 5.74) is 0. The van der Waals surface area contributed by atoms with Gasteiger partial charge in [0.15, 0.2) is 0 Å². The van der Waals surface area contributed by atoms with Crippen LogP contribution >= 0.6 is 0 Å². The predicted octanol–water partition coefficient (Wildman–Crippen LogP) is 0.813. The van der Waals surface area contributed by atoms with Crippen LogP contribution in [0.25, 0.3) is 0 Å². The molecule has 3 atom stereocenters. The molecule has 0 saturated heterocycles. The zero-order valence-electron chi connectivity index (χ0n) is 6.56. The topological polar surface area (TPSA) is 63.4 Å². The van der Waals surface area contributed by atoms with Gasteiger partial charge in [0, 0.05) is 11.3 Å². The Bertz CT molecular complexity index is 160.